The van der Waals surface area contributed by atoms with E-state index in [9.17, 15) is 4.79 Å². The van der Waals surface area contributed by atoms with E-state index >= 15 is 0 Å². The van der Waals surface area contributed by atoms with Gasteiger partial charge in [0, 0.05) is 12.3 Å². The Kier molecular flexibility index (Phi) is 4.43. The van der Waals surface area contributed by atoms with Crippen LogP contribution in [0.25, 0.3) is 5.70 Å². The zero-order valence-corrected chi connectivity index (χ0v) is 14.4. The highest BCUT2D eigenvalue weighted by Gasteiger charge is 2.33. The fraction of sp³-hybridized carbons (Fsp3) is 0.158. The Bertz CT molecular complexity index is 860. The summed E-state index contributed by atoms with van der Waals surface area (Å²) in [5.41, 5.74) is 3.08. The second-order valence-corrected chi connectivity index (χ2v) is 5.32. The molecular weight excluding hydrogens is 318 g/mol. The third-order valence-electron chi connectivity index (χ3n) is 3.92. The molecule has 0 spiro atoms. The molecule has 0 aliphatic carbocycles. The van der Waals surface area contributed by atoms with E-state index in [1.54, 1.807) is 19.4 Å². The number of rotatable bonds is 4. The van der Waals surface area contributed by atoms with Crippen LogP contribution in [0.2, 0.25) is 0 Å². The first-order valence-electron chi connectivity index (χ1n) is 7.75. The summed E-state index contributed by atoms with van der Waals surface area (Å²) in [5, 5.41) is 2.88. The van der Waals surface area contributed by atoms with Crippen LogP contribution in [0.3, 0.4) is 0 Å². The molecule has 0 fully saturated rings. The highest BCUT2D eigenvalue weighted by atomic mass is 16.5. The highest BCUT2D eigenvalue weighted by molar-refractivity contribution is 6.18. The van der Waals surface area contributed by atoms with Gasteiger partial charge < -0.3 is 14.8 Å². The Morgan fingerprint density at radius 2 is 1.92 bits per heavy atom. The minimum atomic E-state index is -0.318. The molecule has 0 saturated heterocycles. The number of carbonyl (C=O) groups is 1. The lowest BCUT2D eigenvalue weighted by Gasteiger charge is -2.33. The van der Waals surface area contributed by atoms with E-state index in [1.165, 1.54) is 12.0 Å². The number of hydrogen-bond acceptors (Lipinski definition) is 4. The zero-order valence-electron chi connectivity index (χ0n) is 14.4. The normalized spacial score (nSPS) is 13.6. The van der Waals surface area contributed by atoms with Crippen molar-refractivity contribution in [3.8, 4) is 11.5 Å². The number of hydrogen-bond donors (Lipinski definition) is 1. The standard InChI is InChI=1S/C19H19N3O3/c1-5-20-14-11-15(24-3)18(25-4)17-16(14)12(2)22(19(23)21-17)13-9-7-6-8-10-13/h5-11H,2H2,1,3-4H3,(H,21,23). The number of anilines is 2. The van der Waals surface area contributed by atoms with Gasteiger partial charge in [-0.1, -0.05) is 24.8 Å². The van der Waals surface area contributed by atoms with Gasteiger partial charge in [0.25, 0.3) is 0 Å². The molecule has 0 bridgehead atoms. The number of ether oxygens (including phenoxy) is 2. The van der Waals surface area contributed by atoms with Crippen molar-refractivity contribution in [3.05, 3.63) is 48.5 Å². The molecule has 1 heterocycles. The number of carbonyl (C=O) groups excluding carboxylic acids is 1. The van der Waals surface area contributed by atoms with Crippen molar-refractivity contribution in [3.63, 3.8) is 0 Å². The Balaban J connectivity index is 2.24. The second-order valence-electron chi connectivity index (χ2n) is 5.32. The molecule has 2 aromatic carbocycles. The van der Waals surface area contributed by atoms with E-state index in [2.05, 4.69) is 16.9 Å². The second kappa shape index (κ2) is 6.68. The first-order valence-corrected chi connectivity index (χ1v) is 7.75. The summed E-state index contributed by atoms with van der Waals surface area (Å²) in [4.78, 5) is 18.6. The lowest BCUT2D eigenvalue weighted by Crippen LogP contribution is -2.37. The third kappa shape index (κ3) is 2.71. The van der Waals surface area contributed by atoms with Crippen molar-refractivity contribution in [1.82, 2.24) is 0 Å². The number of para-hydroxylation sites is 1. The van der Waals surface area contributed by atoms with Gasteiger partial charge in [-0.2, -0.15) is 0 Å². The minimum absolute atomic E-state index is 0.318. The van der Waals surface area contributed by atoms with Gasteiger partial charge in [0.15, 0.2) is 11.5 Å². The molecule has 0 unspecified atom stereocenters. The molecule has 0 atom stereocenters. The lowest BCUT2D eigenvalue weighted by molar-refractivity contribution is 0.258. The molecule has 2 amide bonds. The minimum Gasteiger partial charge on any atom is -0.493 e. The Morgan fingerprint density at radius 1 is 1.20 bits per heavy atom. The number of aliphatic imine (C=N–C) groups is 1. The Morgan fingerprint density at radius 3 is 2.52 bits per heavy atom. The van der Waals surface area contributed by atoms with Crippen molar-refractivity contribution in [2.45, 2.75) is 6.92 Å². The molecule has 0 aromatic heterocycles. The predicted molar refractivity (Wildman–Crippen MR) is 100 cm³/mol. The molecular formula is C19H19N3O3. The number of urea groups is 1. The summed E-state index contributed by atoms with van der Waals surface area (Å²) in [6.45, 7) is 5.95. The predicted octanol–water partition coefficient (Wildman–Crippen LogP) is 4.45. The number of nitrogens with zero attached hydrogens (tertiary/aromatic N) is 2. The molecule has 128 valence electrons. The number of fused-ring (bicyclic) bond motifs is 1. The quantitative estimate of drug-likeness (QED) is 0.839. The Hall–Kier alpha value is -3.28. The topological polar surface area (TPSA) is 63.2 Å². The molecule has 0 radical (unpaired) electrons. The Labute approximate surface area is 146 Å². The van der Waals surface area contributed by atoms with E-state index in [4.69, 9.17) is 9.47 Å². The van der Waals surface area contributed by atoms with E-state index < -0.39 is 0 Å². The van der Waals surface area contributed by atoms with Gasteiger partial charge in [-0.3, -0.25) is 9.89 Å². The smallest absolute Gasteiger partial charge is 0.331 e. The van der Waals surface area contributed by atoms with E-state index in [0.29, 0.717) is 34.1 Å². The van der Waals surface area contributed by atoms with Crippen LogP contribution >= 0.6 is 0 Å². The van der Waals surface area contributed by atoms with Crippen LogP contribution in [0, 0.1) is 0 Å². The molecule has 2 aromatic rings. The van der Waals surface area contributed by atoms with Gasteiger partial charge in [0.1, 0.15) is 5.69 Å². The van der Waals surface area contributed by atoms with E-state index in [1.807, 2.05) is 37.3 Å². The van der Waals surface area contributed by atoms with Crippen molar-refractivity contribution >= 4 is 35.0 Å². The fourth-order valence-electron chi connectivity index (χ4n) is 2.88. The van der Waals surface area contributed by atoms with Gasteiger partial charge in [-0.15, -0.1) is 0 Å². The van der Waals surface area contributed by atoms with Gasteiger partial charge >= 0.3 is 6.03 Å². The first kappa shape index (κ1) is 16.6. The number of methoxy groups -OCH3 is 2. The van der Waals surface area contributed by atoms with Crippen LogP contribution in [0.15, 0.2) is 48.0 Å². The molecule has 0 saturated carbocycles. The maximum Gasteiger partial charge on any atom is 0.331 e. The fourth-order valence-corrected chi connectivity index (χ4v) is 2.88. The van der Waals surface area contributed by atoms with Crippen molar-refractivity contribution in [1.29, 1.82) is 0 Å². The van der Waals surface area contributed by atoms with Crippen LogP contribution in [0.5, 0.6) is 11.5 Å². The maximum atomic E-state index is 12.7. The number of nitrogens with one attached hydrogen (secondary N) is 1. The summed E-state index contributed by atoms with van der Waals surface area (Å²) in [7, 11) is 3.07. The monoisotopic (exact) mass is 337 g/mol. The van der Waals surface area contributed by atoms with Crippen LogP contribution in [0.1, 0.15) is 12.5 Å². The van der Waals surface area contributed by atoms with Crippen LogP contribution < -0.4 is 19.7 Å². The number of amides is 2. The first-order chi connectivity index (χ1) is 12.1. The summed E-state index contributed by atoms with van der Waals surface area (Å²) in [6, 6.07) is 10.8. The summed E-state index contributed by atoms with van der Waals surface area (Å²) < 4.78 is 10.8. The third-order valence-corrected chi connectivity index (χ3v) is 3.92. The van der Waals surface area contributed by atoms with Crippen LogP contribution in [-0.2, 0) is 0 Å². The van der Waals surface area contributed by atoms with Crippen LogP contribution in [0.4, 0.5) is 21.9 Å². The molecule has 1 aliphatic heterocycles. The van der Waals surface area contributed by atoms with Gasteiger partial charge in [-0.05, 0) is 19.1 Å². The zero-order chi connectivity index (χ0) is 18.0. The molecule has 3 rings (SSSR count). The maximum absolute atomic E-state index is 12.7. The van der Waals surface area contributed by atoms with Gasteiger partial charge in [0.05, 0.1) is 36.9 Å². The van der Waals surface area contributed by atoms with Gasteiger partial charge in [-0.25, -0.2) is 4.79 Å². The molecule has 25 heavy (non-hydrogen) atoms. The SMILES string of the molecule is C=C1c2c(N=CC)cc(OC)c(OC)c2NC(=O)N1c1ccccc1. The lowest BCUT2D eigenvalue weighted by atomic mass is 10.0. The largest absolute Gasteiger partial charge is 0.493 e. The van der Waals surface area contributed by atoms with Crippen molar-refractivity contribution in [2.24, 2.45) is 4.99 Å². The van der Waals surface area contributed by atoms with E-state index in [-0.39, 0.29) is 6.03 Å². The molecule has 1 N–H and O–H groups in total. The number of benzene rings is 2. The average Bonchev–Trinajstić information content (AvgIpc) is 2.62. The summed E-state index contributed by atoms with van der Waals surface area (Å²) in [5.74, 6) is 0.929. The van der Waals surface area contributed by atoms with Gasteiger partial charge in [0.2, 0.25) is 0 Å². The molecule has 1 aliphatic rings. The van der Waals surface area contributed by atoms with Crippen molar-refractivity contribution < 1.29 is 14.3 Å². The average molecular weight is 337 g/mol. The van der Waals surface area contributed by atoms with E-state index in [0.717, 1.165) is 5.69 Å². The molecule has 6 heteroatoms. The van der Waals surface area contributed by atoms with Crippen LogP contribution in [-0.4, -0.2) is 26.5 Å². The summed E-state index contributed by atoms with van der Waals surface area (Å²) in [6.07, 6.45) is 1.68. The highest BCUT2D eigenvalue weighted by Crippen LogP contribution is 2.49. The molecule has 6 nitrogen and oxygen atoms in total. The summed E-state index contributed by atoms with van der Waals surface area (Å²) >= 11 is 0. The van der Waals surface area contributed by atoms with Crippen molar-refractivity contribution in [2.75, 3.05) is 24.4 Å².